The summed E-state index contributed by atoms with van der Waals surface area (Å²) in [6.45, 7) is -0.0688. The molecule has 1 aromatic carbocycles. The minimum absolute atomic E-state index is 0.0688. The van der Waals surface area contributed by atoms with Crippen LogP contribution in [0.4, 0.5) is 5.69 Å². The molecule has 0 unspecified atom stereocenters. The van der Waals surface area contributed by atoms with Crippen molar-refractivity contribution in [2.75, 3.05) is 0 Å². The van der Waals surface area contributed by atoms with Gasteiger partial charge >= 0.3 is 5.97 Å². The summed E-state index contributed by atoms with van der Waals surface area (Å²) in [5.74, 6) is -0.875. The summed E-state index contributed by atoms with van der Waals surface area (Å²) in [5, 5.41) is 21.5. The molecule has 0 aliphatic rings. The molecule has 6 nitrogen and oxygen atoms in total. The zero-order valence-corrected chi connectivity index (χ0v) is 12.3. The van der Waals surface area contributed by atoms with Crippen LogP contribution in [0.3, 0.4) is 0 Å². The van der Waals surface area contributed by atoms with E-state index in [1.54, 1.807) is 17.5 Å². The van der Waals surface area contributed by atoms with Crippen LogP contribution in [0.25, 0.3) is 0 Å². The summed E-state index contributed by atoms with van der Waals surface area (Å²) in [7, 11) is 0. The normalized spacial score (nSPS) is 10.2. The Kier molecular flexibility index (Phi) is 4.35. The number of nitrogens with zero attached hydrogens (tertiary/aromatic N) is 1. The molecule has 0 atom stereocenters. The summed E-state index contributed by atoms with van der Waals surface area (Å²) < 4.78 is 5.96. The standard InChI is InChI=1S/C12H8BrNO5S/c13-8-2-1-7(9(5-8)14(17)18)6-19-10-3-4-20-11(10)12(15)16/h1-5H,6H2,(H,15,16). The van der Waals surface area contributed by atoms with Crippen molar-refractivity contribution >= 4 is 38.9 Å². The van der Waals surface area contributed by atoms with E-state index < -0.39 is 10.9 Å². The molecule has 0 saturated carbocycles. The van der Waals surface area contributed by atoms with Crippen LogP contribution in [0.5, 0.6) is 5.75 Å². The highest BCUT2D eigenvalue weighted by Crippen LogP contribution is 2.28. The van der Waals surface area contributed by atoms with Gasteiger partial charge in [-0.2, -0.15) is 0 Å². The van der Waals surface area contributed by atoms with Gasteiger partial charge in [-0.15, -0.1) is 11.3 Å². The first-order chi connectivity index (χ1) is 9.49. The summed E-state index contributed by atoms with van der Waals surface area (Å²) >= 11 is 4.20. The van der Waals surface area contributed by atoms with Crippen molar-refractivity contribution in [1.82, 2.24) is 0 Å². The van der Waals surface area contributed by atoms with Crippen molar-refractivity contribution in [3.05, 3.63) is 54.7 Å². The van der Waals surface area contributed by atoms with E-state index in [-0.39, 0.29) is 22.9 Å². The molecule has 0 fully saturated rings. The highest BCUT2D eigenvalue weighted by atomic mass is 79.9. The smallest absolute Gasteiger partial charge is 0.349 e. The fourth-order valence-corrected chi connectivity index (χ4v) is 2.57. The van der Waals surface area contributed by atoms with Crippen LogP contribution in [-0.2, 0) is 6.61 Å². The number of nitro groups is 1. The predicted molar refractivity (Wildman–Crippen MR) is 76.4 cm³/mol. The Balaban J connectivity index is 2.21. The Morgan fingerprint density at radius 2 is 2.20 bits per heavy atom. The second-order valence-electron chi connectivity index (χ2n) is 3.74. The highest BCUT2D eigenvalue weighted by Gasteiger charge is 2.17. The van der Waals surface area contributed by atoms with Crippen LogP contribution >= 0.6 is 27.3 Å². The molecule has 104 valence electrons. The SMILES string of the molecule is O=C(O)c1sccc1OCc1ccc(Br)cc1[N+](=O)[O-]. The zero-order chi connectivity index (χ0) is 14.7. The van der Waals surface area contributed by atoms with Gasteiger partial charge in [0.2, 0.25) is 0 Å². The number of carboxylic acids is 1. The topological polar surface area (TPSA) is 89.7 Å². The summed E-state index contributed by atoms with van der Waals surface area (Å²) in [6.07, 6.45) is 0. The second-order valence-corrected chi connectivity index (χ2v) is 5.57. The van der Waals surface area contributed by atoms with Crippen molar-refractivity contribution < 1.29 is 19.6 Å². The van der Waals surface area contributed by atoms with E-state index >= 15 is 0 Å². The molecular formula is C12H8BrNO5S. The molecule has 1 N–H and O–H groups in total. The van der Waals surface area contributed by atoms with Gasteiger partial charge in [0.1, 0.15) is 12.4 Å². The minimum Gasteiger partial charge on any atom is -0.487 e. The fraction of sp³-hybridized carbons (Fsp3) is 0.0833. The Labute approximate surface area is 125 Å². The molecule has 0 bridgehead atoms. The molecular weight excluding hydrogens is 350 g/mol. The van der Waals surface area contributed by atoms with Gasteiger partial charge in [0, 0.05) is 10.5 Å². The van der Waals surface area contributed by atoms with Crippen molar-refractivity contribution in [1.29, 1.82) is 0 Å². The number of benzene rings is 1. The summed E-state index contributed by atoms with van der Waals surface area (Å²) in [5.41, 5.74) is 0.298. The van der Waals surface area contributed by atoms with Gasteiger partial charge in [0.05, 0.1) is 10.5 Å². The first-order valence-electron chi connectivity index (χ1n) is 5.35. The quantitative estimate of drug-likeness (QED) is 0.650. The van der Waals surface area contributed by atoms with Gasteiger partial charge in [-0.25, -0.2) is 4.79 Å². The van der Waals surface area contributed by atoms with E-state index in [1.165, 1.54) is 12.1 Å². The third-order valence-electron chi connectivity index (χ3n) is 2.45. The number of hydrogen-bond donors (Lipinski definition) is 1. The lowest BCUT2D eigenvalue weighted by Crippen LogP contribution is -2.03. The predicted octanol–water partition coefficient (Wildman–Crippen LogP) is 3.70. The molecule has 2 aromatic rings. The number of carbonyl (C=O) groups is 1. The van der Waals surface area contributed by atoms with Crippen molar-refractivity contribution in [3.63, 3.8) is 0 Å². The van der Waals surface area contributed by atoms with E-state index in [2.05, 4.69) is 15.9 Å². The molecule has 8 heteroatoms. The number of thiophene rings is 1. The van der Waals surface area contributed by atoms with Gasteiger partial charge in [0.25, 0.3) is 5.69 Å². The Bertz CT molecular complexity index is 670. The van der Waals surface area contributed by atoms with Crippen LogP contribution < -0.4 is 4.74 Å². The van der Waals surface area contributed by atoms with Crippen molar-refractivity contribution in [2.45, 2.75) is 6.61 Å². The lowest BCUT2D eigenvalue weighted by molar-refractivity contribution is -0.385. The van der Waals surface area contributed by atoms with Gasteiger partial charge in [-0.1, -0.05) is 15.9 Å². The largest absolute Gasteiger partial charge is 0.487 e. The van der Waals surface area contributed by atoms with Crippen LogP contribution in [0.15, 0.2) is 34.1 Å². The summed E-state index contributed by atoms with van der Waals surface area (Å²) in [4.78, 5) is 21.4. The molecule has 0 aliphatic carbocycles. The lowest BCUT2D eigenvalue weighted by atomic mass is 10.2. The molecule has 20 heavy (non-hydrogen) atoms. The molecule has 0 spiro atoms. The van der Waals surface area contributed by atoms with Gasteiger partial charge < -0.3 is 9.84 Å². The second kappa shape index (κ2) is 6.02. The third kappa shape index (κ3) is 3.14. The van der Waals surface area contributed by atoms with E-state index in [0.29, 0.717) is 10.0 Å². The first-order valence-corrected chi connectivity index (χ1v) is 7.02. The molecule has 1 heterocycles. The molecule has 2 rings (SSSR count). The van der Waals surface area contributed by atoms with Crippen LogP contribution in [0, 0.1) is 10.1 Å². The highest BCUT2D eigenvalue weighted by molar-refractivity contribution is 9.10. The summed E-state index contributed by atoms with van der Waals surface area (Å²) in [6, 6.07) is 6.13. The van der Waals surface area contributed by atoms with Gasteiger partial charge in [-0.3, -0.25) is 10.1 Å². The molecule has 0 saturated heterocycles. The van der Waals surface area contributed by atoms with E-state index in [9.17, 15) is 14.9 Å². The van der Waals surface area contributed by atoms with Crippen molar-refractivity contribution in [3.8, 4) is 5.75 Å². The van der Waals surface area contributed by atoms with Gasteiger partial charge in [-0.05, 0) is 23.6 Å². The third-order valence-corrected chi connectivity index (χ3v) is 3.83. The Hall–Kier alpha value is -1.93. The lowest BCUT2D eigenvalue weighted by Gasteiger charge is -2.06. The van der Waals surface area contributed by atoms with Crippen molar-refractivity contribution in [2.24, 2.45) is 0 Å². The zero-order valence-electron chi connectivity index (χ0n) is 9.91. The maximum Gasteiger partial charge on any atom is 0.349 e. The molecule has 1 aromatic heterocycles. The molecule has 0 radical (unpaired) electrons. The fourth-order valence-electron chi connectivity index (χ4n) is 1.55. The van der Waals surface area contributed by atoms with E-state index in [0.717, 1.165) is 11.3 Å². The number of ether oxygens (including phenoxy) is 1. The average Bonchev–Trinajstić information content (AvgIpc) is 2.85. The van der Waals surface area contributed by atoms with Crippen LogP contribution in [0.1, 0.15) is 15.2 Å². The monoisotopic (exact) mass is 357 g/mol. The number of hydrogen-bond acceptors (Lipinski definition) is 5. The van der Waals surface area contributed by atoms with E-state index in [4.69, 9.17) is 9.84 Å². The first kappa shape index (κ1) is 14.5. The van der Waals surface area contributed by atoms with Gasteiger partial charge in [0.15, 0.2) is 4.88 Å². The maximum absolute atomic E-state index is 10.9. The Morgan fingerprint density at radius 3 is 2.85 bits per heavy atom. The maximum atomic E-state index is 10.9. The van der Waals surface area contributed by atoms with Crippen LogP contribution in [0.2, 0.25) is 0 Å². The average molecular weight is 358 g/mol. The number of aromatic carboxylic acids is 1. The van der Waals surface area contributed by atoms with Crippen LogP contribution in [-0.4, -0.2) is 16.0 Å². The number of carboxylic acid groups (broad SMARTS) is 1. The number of halogens is 1. The molecule has 0 amide bonds. The molecule has 0 aliphatic heterocycles. The Morgan fingerprint density at radius 1 is 1.45 bits per heavy atom. The van der Waals surface area contributed by atoms with E-state index in [1.807, 2.05) is 0 Å². The number of rotatable bonds is 5. The number of nitro benzene ring substituents is 1. The minimum atomic E-state index is -1.08.